The van der Waals surface area contributed by atoms with Crippen LogP contribution in [0.4, 0.5) is 5.95 Å². The summed E-state index contributed by atoms with van der Waals surface area (Å²) in [7, 11) is 2.06. The zero-order chi connectivity index (χ0) is 24.5. The average Bonchev–Trinajstić information content (AvgIpc) is 3.30. The number of hydrogen-bond donors (Lipinski definition) is 0. The Labute approximate surface area is 209 Å². The van der Waals surface area contributed by atoms with Crippen LogP contribution >= 0.6 is 11.3 Å². The van der Waals surface area contributed by atoms with Gasteiger partial charge < -0.3 is 14.7 Å². The Morgan fingerprint density at radius 2 is 1.97 bits per heavy atom. The molecule has 0 aliphatic carbocycles. The predicted octanol–water partition coefficient (Wildman–Crippen LogP) is 3.00. The lowest BCUT2D eigenvalue weighted by atomic mass is 10.0. The number of piperazine rings is 1. The van der Waals surface area contributed by atoms with Gasteiger partial charge in [-0.3, -0.25) is 14.2 Å². The highest BCUT2D eigenvalue weighted by Crippen LogP contribution is 2.28. The number of nitriles is 1. The van der Waals surface area contributed by atoms with Crippen molar-refractivity contribution in [3.05, 3.63) is 56.7 Å². The van der Waals surface area contributed by atoms with Crippen molar-refractivity contribution in [3.63, 3.8) is 0 Å². The molecule has 9 heteroatoms. The van der Waals surface area contributed by atoms with Gasteiger partial charge in [-0.25, -0.2) is 4.98 Å². The molecule has 182 valence electrons. The summed E-state index contributed by atoms with van der Waals surface area (Å²) >= 11 is 1.29. The smallest absolute Gasteiger partial charge is 0.273 e. The lowest BCUT2D eigenvalue weighted by molar-refractivity contribution is 0.0666. The largest absolute Gasteiger partial charge is 0.342 e. The van der Waals surface area contributed by atoms with Crippen molar-refractivity contribution < 1.29 is 4.79 Å². The molecule has 3 aromatic rings. The van der Waals surface area contributed by atoms with Crippen molar-refractivity contribution in [1.29, 1.82) is 5.26 Å². The topological polar surface area (TPSA) is 85.5 Å². The summed E-state index contributed by atoms with van der Waals surface area (Å²) in [4.78, 5) is 38.5. The minimum absolute atomic E-state index is 0.0539. The average molecular weight is 491 g/mol. The fourth-order valence-corrected chi connectivity index (χ4v) is 5.94. The van der Waals surface area contributed by atoms with E-state index in [9.17, 15) is 14.9 Å². The van der Waals surface area contributed by atoms with Crippen LogP contribution < -0.4 is 10.5 Å². The number of fused-ring (bicyclic) bond motifs is 1. The molecule has 2 saturated heterocycles. The van der Waals surface area contributed by atoms with Crippen molar-refractivity contribution in [1.82, 2.24) is 19.4 Å². The van der Waals surface area contributed by atoms with Crippen LogP contribution in [0.1, 0.15) is 41.3 Å². The minimum Gasteiger partial charge on any atom is -0.342 e. The minimum atomic E-state index is -0.154. The highest BCUT2D eigenvalue weighted by atomic mass is 32.1. The number of likely N-dealkylation sites (N-methyl/N-ethyl adjacent to an activating group) is 1. The molecule has 0 bridgehead atoms. The van der Waals surface area contributed by atoms with Crippen molar-refractivity contribution in [2.45, 2.75) is 26.3 Å². The number of benzene rings is 1. The van der Waals surface area contributed by atoms with Crippen molar-refractivity contribution >= 4 is 33.4 Å². The quantitative estimate of drug-likeness (QED) is 0.559. The van der Waals surface area contributed by atoms with Crippen molar-refractivity contribution in [2.75, 3.05) is 51.2 Å². The van der Waals surface area contributed by atoms with E-state index in [-0.39, 0.29) is 18.0 Å². The number of amides is 1. The maximum absolute atomic E-state index is 13.8. The molecule has 0 N–H and O–H groups in total. The summed E-state index contributed by atoms with van der Waals surface area (Å²) in [5.41, 5.74) is 2.20. The summed E-state index contributed by atoms with van der Waals surface area (Å²) < 4.78 is 2.18. The zero-order valence-corrected chi connectivity index (χ0v) is 21.1. The Hall–Kier alpha value is -3.22. The molecule has 0 saturated carbocycles. The van der Waals surface area contributed by atoms with Gasteiger partial charge in [0.1, 0.15) is 10.2 Å². The van der Waals surface area contributed by atoms with Gasteiger partial charge in [0.15, 0.2) is 0 Å². The van der Waals surface area contributed by atoms with E-state index in [2.05, 4.69) is 29.8 Å². The van der Waals surface area contributed by atoms with Crippen LogP contribution in [0.5, 0.6) is 0 Å². The molecule has 2 aliphatic rings. The lowest BCUT2D eigenvalue weighted by Gasteiger charge is -2.33. The maximum atomic E-state index is 13.8. The molecule has 2 aromatic heterocycles. The van der Waals surface area contributed by atoms with Crippen LogP contribution in [0, 0.1) is 17.2 Å². The molecule has 0 unspecified atom stereocenters. The van der Waals surface area contributed by atoms with Crippen molar-refractivity contribution in [3.8, 4) is 6.07 Å². The molecule has 2 aliphatic heterocycles. The summed E-state index contributed by atoms with van der Waals surface area (Å²) in [6.45, 7) is 7.12. The Bertz CT molecular complexity index is 1350. The monoisotopic (exact) mass is 490 g/mol. The van der Waals surface area contributed by atoms with E-state index in [0.29, 0.717) is 46.3 Å². The van der Waals surface area contributed by atoms with Gasteiger partial charge in [-0.15, -0.1) is 11.3 Å². The number of carbonyl (C=O) groups excluding carboxylic acids is 1. The van der Waals surface area contributed by atoms with Gasteiger partial charge in [0.2, 0.25) is 5.95 Å². The third-order valence-corrected chi connectivity index (χ3v) is 8.04. The molecule has 5 rings (SSSR count). The van der Waals surface area contributed by atoms with Crippen LogP contribution in [-0.2, 0) is 6.54 Å². The number of hydrogen-bond acceptors (Lipinski definition) is 7. The van der Waals surface area contributed by atoms with Gasteiger partial charge in [0, 0.05) is 44.6 Å². The number of nitrogens with zero attached hydrogens (tertiary/aromatic N) is 6. The van der Waals surface area contributed by atoms with Gasteiger partial charge in [0.05, 0.1) is 23.7 Å². The second-order valence-electron chi connectivity index (χ2n) is 9.69. The van der Waals surface area contributed by atoms with E-state index in [4.69, 9.17) is 4.98 Å². The summed E-state index contributed by atoms with van der Waals surface area (Å²) in [5.74, 6) is 1.03. The maximum Gasteiger partial charge on any atom is 0.273 e. The van der Waals surface area contributed by atoms with E-state index in [1.807, 2.05) is 23.1 Å². The molecule has 8 nitrogen and oxygen atoms in total. The number of rotatable bonds is 4. The van der Waals surface area contributed by atoms with Gasteiger partial charge in [-0.1, -0.05) is 25.1 Å². The molecule has 2 fully saturated rings. The third-order valence-electron chi connectivity index (χ3n) is 7.08. The van der Waals surface area contributed by atoms with E-state index in [0.717, 1.165) is 44.6 Å². The summed E-state index contributed by atoms with van der Waals surface area (Å²) in [5, 5.41) is 11.4. The Morgan fingerprint density at radius 3 is 2.71 bits per heavy atom. The fraction of sp³-hybridized carbons (Fsp3) is 0.462. The van der Waals surface area contributed by atoms with E-state index < -0.39 is 0 Å². The van der Waals surface area contributed by atoms with E-state index >= 15 is 0 Å². The standard InChI is InChI=1S/C26H30N6O2S/c1-18-6-5-9-31(15-18)26-28-22-21(24(33)30-12-10-29(2)11-13-30)17-35-23(22)25(34)32(26)16-20-8-4-3-7-19(20)14-27/h3-4,7-8,17-18H,5-6,9-13,15-16H2,1-2H3/t18-/m1/s1. The van der Waals surface area contributed by atoms with E-state index in [1.54, 1.807) is 16.0 Å². The Morgan fingerprint density at radius 1 is 1.20 bits per heavy atom. The molecule has 0 spiro atoms. The molecular weight excluding hydrogens is 460 g/mol. The Balaban J connectivity index is 1.61. The highest BCUT2D eigenvalue weighted by Gasteiger charge is 2.28. The van der Waals surface area contributed by atoms with Gasteiger partial charge in [0.25, 0.3) is 11.5 Å². The SMILES string of the molecule is C[C@@H]1CCCN(c2nc3c(C(=O)N4CCN(C)CC4)csc3c(=O)n2Cc2ccccc2C#N)C1. The second kappa shape index (κ2) is 9.80. The van der Waals surface area contributed by atoms with Gasteiger partial charge in [-0.05, 0) is 37.4 Å². The Kier molecular flexibility index (Phi) is 6.58. The molecule has 35 heavy (non-hydrogen) atoms. The van der Waals surface area contributed by atoms with Gasteiger partial charge in [-0.2, -0.15) is 5.26 Å². The summed E-state index contributed by atoms with van der Waals surface area (Å²) in [6, 6.07) is 9.60. The fourth-order valence-electron chi connectivity index (χ4n) is 5.01. The number of aromatic nitrogens is 2. The molecule has 1 aromatic carbocycles. The van der Waals surface area contributed by atoms with Crippen LogP contribution in [0.25, 0.3) is 10.2 Å². The first-order valence-electron chi connectivity index (χ1n) is 12.2. The third kappa shape index (κ3) is 4.56. The summed E-state index contributed by atoms with van der Waals surface area (Å²) in [6.07, 6.45) is 2.17. The number of carbonyl (C=O) groups is 1. The zero-order valence-electron chi connectivity index (χ0n) is 20.2. The molecule has 0 radical (unpaired) electrons. The first-order valence-corrected chi connectivity index (χ1v) is 13.1. The molecule has 1 amide bonds. The number of piperidine rings is 1. The van der Waals surface area contributed by atoms with Crippen LogP contribution in [0.3, 0.4) is 0 Å². The normalized spacial score (nSPS) is 19.2. The lowest BCUT2D eigenvalue weighted by Crippen LogP contribution is -2.47. The van der Waals surface area contributed by atoms with Crippen LogP contribution in [0.2, 0.25) is 0 Å². The van der Waals surface area contributed by atoms with E-state index in [1.165, 1.54) is 11.3 Å². The first-order chi connectivity index (χ1) is 17.0. The second-order valence-corrected chi connectivity index (χ2v) is 10.6. The highest BCUT2D eigenvalue weighted by molar-refractivity contribution is 7.17. The predicted molar refractivity (Wildman–Crippen MR) is 138 cm³/mol. The first kappa shape index (κ1) is 23.5. The molecule has 4 heterocycles. The van der Waals surface area contributed by atoms with Crippen LogP contribution in [-0.4, -0.2) is 71.6 Å². The molecule has 1 atom stereocenters. The van der Waals surface area contributed by atoms with Crippen molar-refractivity contribution in [2.24, 2.45) is 5.92 Å². The number of anilines is 1. The molecular formula is C26H30N6O2S. The van der Waals surface area contributed by atoms with Crippen LogP contribution in [0.15, 0.2) is 34.4 Å². The van der Waals surface area contributed by atoms with Gasteiger partial charge >= 0.3 is 0 Å². The number of thiophene rings is 1.